The zero-order chi connectivity index (χ0) is 11.8. The van der Waals surface area contributed by atoms with Gasteiger partial charge in [0.05, 0.1) is 10.4 Å². The van der Waals surface area contributed by atoms with Crippen LogP contribution in [0.15, 0.2) is 11.4 Å². The van der Waals surface area contributed by atoms with E-state index in [1.54, 1.807) is 11.4 Å². The Labute approximate surface area is 99.5 Å². The zero-order valence-electron chi connectivity index (χ0n) is 9.25. The fraction of sp³-hybridized carbons (Fsp3) is 0.417. The largest absolute Gasteiger partial charge is 0.384 e. The lowest BCUT2D eigenvalue weighted by Crippen LogP contribution is -2.23. The zero-order valence-corrected chi connectivity index (χ0v) is 10.1. The number of amides is 1. The molecule has 0 fully saturated rings. The van der Waals surface area contributed by atoms with E-state index in [9.17, 15) is 4.79 Å². The highest BCUT2D eigenvalue weighted by molar-refractivity contribution is 7.10. The van der Waals surface area contributed by atoms with Gasteiger partial charge in [0.1, 0.15) is 6.61 Å². The number of hydrogen-bond donors (Lipinski definition) is 2. The molecule has 1 aromatic rings. The van der Waals surface area contributed by atoms with Gasteiger partial charge in [-0.1, -0.05) is 25.2 Å². The van der Waals surface area contributed by atoms with E-state index >= 15 is 0 Å². The Morgan fingerprint density at radius 1 is 1.62 bits per heavy atom. The normalized spacial score (nSPS) is 9.38. The van der Waals surface area contributed by atoms with E-state index in [0.29, 0.717) is 12.1 Å². The number of aliphatic hydroxyl groups excluding tert-OH is 1. The van der Waals surface area contributed by atoms with Crippen LogP contribution in [0.3, 0.4) is 0 Å². The number of unbranched alkanes of at least 4 members (excludes halogenated alkanes) is 1. The number of nitrogens with one attached hydrogen (secondary N) is 1. The number of carbonyl (C=O) groups excluding carboxylic acids is 1. The molecule has 0 saturated heterocycles. The summed E-state index contributed by atoms with van der Waals surface area (Å²) >= 11 is 1.41. The Kier molecular flexibility index (Phi) is 5.62. The van der Waals surface area contributed by atoms with Gasteiger partial charge in [-0.3, -0.25) is 4.79 Å². The maximum Gasteiger partial charge on any atom is 0.252 e. The van der Waals surface area contributed by atoms with Gasteiger partial charge in [-0.05, 0) is 12.5 Å². The van der Waals surface area contributed by atoms with E-state index in [-0.39, 0.29) is 12.5 Å². The summed E-state index contributed by atoms with van der Waals surface area (Å²) in [6.07, 6.45) is 2.06. The smallest absolute Gasteiger partial charge is 0.252 e. The molecule has 0 saturated carbocycles. The molecule has 1 amide bonds. The molecule has 3 nitrogen and oxygen atoms in total. The second-order valence-electron chi connectivity index (χ2n) is 3.27. The summed E-state index contributed by atoms with van der Waals surface area (Å²) in [4.78, 5) is 12.4. The first-order valence-corrected chi connectivity index (χ1v) is 6.12. The van der Waals surface area contributed by atoms with Crippen molar-refractivity contribution in [3.63, 3.8) is 0 Å². The summed E-state index contributed by atoms with van der Waals surface area (Å²) in [5.74, 6) is 5.27. The summed E-state index contributed by atoms with van der Waals surface area (Å²) in [6.45, 7) is 2.64. The molecule has 0 aromatic carbocycles. The molecule has 0 aliphatic heterocycles. The molecule has 1 aromatic heterocycles. The van der Waals surface area contributed by atoms with E-state index < -0.39 is 0 Å². The van der Waals surface area contributed by atoms with Crippen LogP contribution in [0, 0.1) is 11.8 Å². The first-order valence-electron chi connectivity index (χ1n) is 5.24. The number of thiophene rings is 1. The Morgan fingerprint density at radius 3 is 3.12 bits per heavy atom. The maximum atomic E-state index is 11.6. The molecule has 2 N–H and O–H groups in total. The predicted octanol–water partition coefficient (Wildman–Crippen LogP) is 1.62. The average Bonchev–Trinajstić information content (AvgIpc) is 2.75. The third kappa shape index (κ3) is 4.05. The minimum atomic E-state index is -0.157. The van der Waals surface area contributed by atoms with Crippen LogP contribution in [0.4, 0.5) is 0 Å². The molecule has 1 rings (SSSR count). The topological polar surface area (TPSA) is 49.3 Å². The van der Waals surface area contributed by atoms with Crippen molar-refractivity contribution in [3.05, 3.63) is 21.9 Å². The van der Waals surface area contributed by atoms with Gasteiger partial charge in [0.15, 0.2) is 0 Å². The lowest BCUT2D eigenvalue weighted by Gasteiger charge is -2.00. The fourth-order valence-corrected chi connectivity index (χ4v) is 1.88. The van der Waals surface area contributed by atoms with E-state index in [1.165, 1.54) is 11.3 Å². The number of rotatable bonds is 4. The van der Waals surface area contributed by atoms with Crippen molar-refractivity contribution in [1.29, 1.82) is 0 Å². The van der Waals surface area contributed by atoms with Crippen molar-refractivity contribution in [3.8, 4) is 11.8 Å². The monoisotopic (exact) mass is 237 g/mol. The molecule has 0 aliphatic rings. The Hall–Kier alpha value is -1.31. The van der Waals surface area contributed by atoms with E-state index in [1.807, 2.05) is 0 Å². The van der Waals surface area contributed by atoms with Gasteiger partial charge in [0.2, 0.25) is 0 Å². The average molecular weight is 237 g/mol. The van der Waals surface area contributed by atoms with Crippen molar-refractivity contribution >= 4 is 17.2 Å². The van der Waals surface area contributed by atoms with Crippen molar-refractivity contribution in [2.24, 2.45) is 0 Å². The first-order chi connectivity index (χ1) is 7.77. The molecule has 16 heavy (non-hydrogen) atoms. The van der Waals surface area contributed by atoms with Crippen molar-refractivity contribution in [2.75, 3.05) is 13.2 Å². The highest BCUT2D eigenvalue weighted by Gasteiger charge is 2.06. The second kappa shape index (κ2) is 7.04. The SMILES string of the molecule is CCCCNC(=O)c1csc(C#CCO)c1. The Morgan fingerprint density at radius 2 is 2.44 bits per heavy atom. The first kappa shape index (κ1) is 12.8. The second-order valence-corrected chi connectivity index (χ2v) is 4.18. The highest BCUT2D eigenvalue weighted by atomic mass is 32.1. The Balaban J connectivity index is 2.53. The molecule has 4 heteroatoms. The highest BCUT2D eigenvalue weighted by Crippen LogP contribution is 2.13. The van der Waals surface area contributed by atoms with Crippen molar-refractivity contribution in [2.45, 2.75) is 19.8 Å². The summed E-state index contributed by atoms with van der Waals surface area (Å²) in [6, 6.07) is 1.74. The molecule has 1 heterocycles. The van der Waals surface area contributed by atoms with Gasteiger partial charge < -0.3 is 10.4 Å². The third-order valence-corrected chi connectivity index (χ3v) is 2.81. The summed E-state index contributed by atoms with van der Waals surface area (Å²) in [7, 11) is 0. The number of hydrogen-bond acceptors (Lipinski definition) is 3. The fourth-order valence-electron chi connectivity index (χ4n) is 1.13. The van der Waals surface area contributed by atoms with Crippen LogP contribution in [-0.4, -0.2) is 24.2 Å². The van der Waals surface area contributed by atoms with E-state index in [4.69, 9.17) is 5.11 Å². The van der Waals surface area contributed by atoms with Crippen LogP contribution >= 0.6 is 11.3 Å². The van der Waals surface area contributed by atoms with Crippen molar-refractivity contribution in [1.82, 2.24) is 5.32 Å². The van der Waals surface area contributed by atoms with Crippen LogP contribution in [0.1, 0.15) is 35.0 Å². The Bertz CT molecular complexity index is 401. The van der Waals surface area contributed by atoms with Gasteiger partial charge in [-0.2, -0.15) is 0 Å². The molecule has 0 aliphatic carbocycles. The molecule has 0 atom stereocenters. The quantitative estimate of drug-likeness (QED) is 0.617. The van der Waals surface area contributed by atoms with E-state index in [2.05, 4.69) is 24.1 Å². The standard InChI is InChI=1S/C12H15NO2S/c1-2-3-6-13-12(15)10-8-11(16-9-10)5-4-7-14/h8-9,14H,2-3,6-7H2,1H3,(H,13,15). The lowest BCUT2D eigenvalue weighted by molar-refractivity contribution is 0.0953. The summed E-state index contributed by atoms with van der Waals surface area (Å²) < 4.78 is 0. The summed E-state index contributed by atoms with van der Waals surface area (Å²) in [5, 5.41) is 13.2. The minimum absolute atomic E-state index is 0.0539. The van der Waals surface area contributed by atoms with Gasteiger partial charge in [0.25, 0.3) is 5.91 Å². The molecule has 0 radical (unpaired) electrons. The van der Waals surface area contributed by atoms with E-state index in [0.717, 1.165) is 17.7 Å². The maximum absolute atomic E-state index is 11.6. The third-order valence-electron chi connectivity index (χ3n) is 1.97. The number of carbonyl (C=O) groups is 1. The van der Waals surface area contributed by atoms with Gasteiger partial charge >= 0.3 is 0 Å². The van der Waals surface area contributed by atoms with Gasteiger partial charge in [-0.15, -0.1) is 11.3 Å². The van der Waals surface area contributed by atoms with Crippen LogP contribution in [0.5, 0.6) is 0 Å². The van der Waals surface area contributed by atoms with Crippen LogP contribution in [0.2, 0.25) is 0 Å². The molecule has 0 spiro atoms. The lowest BCUT2D eigenvalue weighted by atomic mass is 10.2. The molecule has 0 unspecified atom stereocenters. The molecule has 0 bridgehead atoms. The molecular formula is C12H15NO2S. The summed E-state index contributed by atoms with van der Waals surface area (Å²) in [5.41, 5.74) is 0.642. The van der Waals surface area contributed by atoms with Crippen molar-refractivity contribution < 1.29 is 9.90 Å². The predicted molar refractivity (Wildman–Crippen MR) is 65.5 cm³/mol. The van der Waals surface area contributed by atoms with Crippen LogP contribution < -0.4 is 5.32 Å². The minimum Gasteiger partial charge on any atom is -0.384 e. The van der Waals surface area contributed by atoms with Crippen LogP contribution in [0.25, 0.3) is 0 Å². The molecular weight excluding hydrogens is 222 g/mol. The van der Waals surface area contributed by atoms with Crippen LogP contribution in [-0.2, 0) is 0 Å². The molecule has 86 valence electrons. The van der Waals surface area contributed by atoms with Gasteiger partial charge in [0, 0.05) is 11.9 Å². The number of aliphatic hydroxyl groups is 1. The van der Waals surface area contributed by atoms with Gasteiger partial charge in [-0.25, -0.2) is 0 Å².